The molecule has 0 aromatic carbocycles. The van der Waals surface area contributed by atoms with E-state index in [1.165, 1.54) is 50.7 Å². The molecule has 0 radical (unpaired) electrons. The lowest BCUT2D eigenvalue weighted by Crippen LogP contribution is -2.24. The molecule has 82 valence electrons. The van der Waals surface area contributed by atoms with E-state index in [-0.39, 0.29) is 0 Å². The molecule has 0 saturated heterocycles. The Morgan fingerprint density at radius 3 is 2.33 bits per heavy atom. The summed E-state index contributed by atoms with van der Waals surface area (Å²) in [5.41, 5.74) is 1.70. The van der Waals surface area contributed by atoms with Crippen LogP contribution < -0.4 is 0 Å². The molecule has 0 unspecified atom stereocenters. The SMILES string of the molecule is CC(=NC(=N)C1CC1)C12CCC(CC1)C2. The van der Waals surface area contributed by atoms with Gasteiger partial charge >= 0.3 is 0 Å². The first-order valence-electron chi connectivity index (χ1n) is 6.34. The van der Waals surface area contributed by atoms with Crippen LogP contribution in [0.15, 0.2) is 4.99 Å². The van der Waals surface area contributed by atoms with Crippen molar-refractivity contribution in [2.24, 2.45) is 22.2 Å². The number of nitrogens with zero attached hydrogens (tertiary/aromatic N) is 1. The van der Waals surface area contributed by atoms with Gasteiger partial charge in [-0.05, 0) is 57.8 Å². The van der Waals surface area contributed by atoms with E-state index < -0.39 is 0 Å². The van der Waals surface area contributed by atoms with Crippen LogP contribution in [0.2, 0.25) is 0 Å². The number of nitrogens with one attached hydrogen (secondary N) is 1. The quantitative estimate of drug-likeness (QED) is 0.528. The van der Waals surface area contributed by atoms with Gasteiger partial charge in [-0.15, -0.1) is 0 Å². The Labute approximate surface area is 91.7 Å². The molecule has 2 bridgehead atoms. The highest BCUT2D eigenvalue weighted by Crippen LogP contribution is 2.54. The summed E-state index contributed by atoms with van der Waals surface area (Å²) in [6.45, 7) is 2.17. The molecule has 0 aromatic rings. The zero-order valence-corrected chi connectivity index (χ0v) is 9.55. The minimum absolute atomic E-state index is 0.422. The Bertz CT molecular complexity index is 317. The van der Waals surface area contributed by atoms with Crippen molar-refractivity contribution in [1.82, 2.24) is 0 Å². The Balaban J connectivity index is 1.77. The average Bonchev–Trinajstić information content (AvgIpc) is 2.89. The van der Waals surface area contributed by atoms with Gasteiger partial charge in [0, 0.05) is 17.0 Å². The second kappa shape index (κ2) is 3.16. The van der Waals surface area contributed by atoms with Gasteiger partial charge in [-0.2, -0.15) is 0 Å². The van der Waals surface area contributed by atoms with E-state index >= 15 is 0 Å². The molecule has 3 saturated carbocycles. The molecular weight excluding hydrogens is 184 g/mol. The molecule has 1 N–H and O–H groups in total. The van der Waals surface area contributed by atoms with E-state index in [9.17, 15) is 0 Å². The van der Waals surface area contributed by atoms with Crippen LogP contribution in [0.25, 0.3) is 0 Å². The molecule has 2 nitrogen and oxygen atoms in total. The van der Waals surface area contributed by atoms with Crippen LogP contribution >= 0.6 is 0 Å². The molecule has 0 amide bonds. The van der Waals surface area contributed by atoms with Crippen LogP contribution in [-0.2, 0) is 0 Å². The van der Waals surface area contributed by atoms with E-state index in [1.807, 2.05) is 0 Å². The molecule has 0 atom stereocenters. The Morgan fingerprint density at radius 2 is 1.87 bits per heavy atom. The molecule has 0 heterocycles. The maximum atomic E-state index is 7.89. The van der Waals surface area contributed by atoms with Crippen LogP contribution in [0.3, 0.4) is 0 Å². The van der Waals surface area contributed by atoms with Gasteiger partial charge in [0.05, 0.1) is 0 Å². The van der Waals surface area contributed by atoms with Crippen LogP contribution in [0.1, 0.15) is 51.9 Å². The molecule has 0 aromatic heterocycles. The van der Waals surface area contributed by atoms with Gasteiger partial charge in [0.1, 0.15) is 5.84 Å². The summed E-state index contributed by atoms with van der Waals surface area (Å²) >= 11 is 0. The molecule has 0 aliphatic heterocycles. The summed E-state index contributed by atoms with van der Waals surface area (Å²) in [5, 5.41) is 7.89. The summed E-state index contributed by atoms with van der Waals surface area (Å²) in [6.07, 6.45) is 9.25. The van der Waals surface area contributed by atoms with Crippen LogP contribution in [-0.4, -0.2) is 11.5 Å². The fraction of sp³-hybridized carbons (Fsp3) is 0.846. The minimum atomic E-state index is 0.422. The minimum Gasteiger partial charge on any atom is -0.286 e. The van der Waals surface area contributed by atoms with E-state index in [0.29, 0.717) is 17.2 Å². The first-order valence-corrected chi connectivity index (χ1v) is 6.34. The predicted molar refractivity (Wildman–Crippen MR) is 62.6 cm³/mol. The fourth-order valence-electron chi connectivity index (χ4n) is 3.45. The van der Waals surface area contributed by atoms with Gasteiger partial charge in [0.25, 0.3) is 0 Å². The van der Waals surface area contributed by atoms with Gasteiger partial charge in [-0.25, -0.2) is 4.99 Å². The van der Waals surface area contributed by atoms with Crippen molar-refractivity contribution in [3.63, 3.8) is 0 Å². The summed E-state index contributed by atoms with van der Waals surface area (Å²) in [6, 6.07) is 0. The molecule has 3 aliphatic carbocycles. The van der Waals surface area contributed by atoms with Gasteiger partial charge in [0.2, 0.25) is 0 Å². The van der Waals surface area contributed by atoms with E-state index in [1.54, 1.807) is 0 Å². The second-order valence-electron chi connectivity index (χ2n) is 5.78. The van der Waals surface area contributed by atoms with Crippen molar-refractivity contribution < 1.29 is 0 Å². The molecule has 3 aliphatic rings. The third-order valence-electron chi connectivity index (χ3n) is 4.76. The van der Waals surface area contributed by atoms with Crippen molar-refractivity contribution >= 4 is 11.5 Å². The maximum absolute atomic E-state index is 7.89. The highest BCUT2D eigenvalue weighted by molar-refractivity contribution is 6.00. The predicted octanol–water partition coefficient (Wildman–Crippen LogP) is 3.41. The lowest BCUT2D eigenvalue weighted by molar-refractivity contribution is 0.412. The number of fused-ring (bicyclic) bond motifs is 2. The topological polar surface area (TPSA) is 36.2 Å². The van der Waals surface area contributed by atoms with Crippen LogP contribution in [0, 0.1) is 22.7 Å². The van der Waals surface area contributed by atoms with Crippen molar-refractivity contribution in [1.29, 1.82) is 5.41 Å². The lowest BCUT2D eigenvalue weighted by Gasteiger charge is -2.26. The van der Waals surface area contributed by atoms with Crippen LogP contribution in [0.4, 0.5) is 0 Å². The molecule has 2 heteroatoms. The van der Waals surface area contributed by atoms with Gasteiger partial charge in [-0.1, -0.05) is 0 Å². The van der Waals surface area contributed by atoms with Crippen molar-refractivity contribution in [3.8, 4) is 0 Å². The monoisotopic (exact) mass is 204 g/mol. The lowest BCUT2D eigenvalue weighted by atomic mass is 9.80. The Kier molecular flexibility index (Phi) is 2.02. The zero-order chi connectivity index (χ0) is 10.5. The summed E-state index contributed by atoms with van der Waals surface area (Å²) in [4.78, 5) is 4.59. The highest BCUT2D eigenvalue weighted by Gasteiger charge is 2.46. The summed E-state index contributed by atoms with van der Waals surface area (Å²) in [7, 11) is 0. The summed E-state index contributed by atoms with van der Waals surface area (Å²) < 4.78 is 0. The van der Waals surface area contributed by atoms with E-state index in [0.717, 1.165) is 5.92 Å². The standard InChI is InChI=1S/C13H20N2/c1-9(15-12(14)11-2-3-11)13-6-4-10(8-13)5-7-13/h10-11,14H,2-8H2,1H3. The Morgan fingerprint density at radius 1 is 1.20 bits per heavy atom. The van der Waals surface area contributed by atoms with Crippen molar-refractivity contribution in [3.05, 3.63) is 0 Å². The maximum Gasteiger partial charge on any atom is 0.123 e. The van der Waals surface area contributed by atoms with E-state index in [4.69, 9.17) is 5.41 Å². The van der Waals surface area contributed by atoms with E-state index in [2.05, 4.69) is 11.9 Å². The number of hydrogen-bond acceptors (Lipinski definition) is 1. The molecule has 0 spiro atoms. The molecule has 3 rings (SSSR count). The van der Waals surface area contributed by atoms with Gasteiger partial charge < -0.3 is 0 Å². The third kappa shape index (κ3) is 1.54. The van der Waals surface area contributed by atoms with Crippen molar-refractivity contribution in [2.75, 3.05) is 0 Å². The molecular formula is C13H20N2. The zero-order valence-electron chi connectivity index (χ0n) is 9.55. The van der Waals surface area contributed by atoms with Crippen LogP contribution in [0.5, 0.6) is 0 Å². The number of hydrogen-bond donors (Lipinski definition) is 1. The highest BCUT2D eigenvalue weighted by atomic mass is 14.9. The molecule has 3 fully saturated rings. The summed E-state index contributed by atoms with van der Waals surface area (Å²) in [5.74, 6) is 2.15. The first-order chi connectivity index (χ1) is 7.20. The third-order valence-corrected chi connectivity index (χ3v) is 4.76. The second-order valence-corrected chi connectivity index (χ2v) is 5.78. The number of aliphatic imine (C=N–C) groups is 1. The number of amidine groups is 1. The van der Waals surface area contributed by atoms with Gasteiger partial charge in [-0.3, -0.25) is 5.41 Å². The average molecular weight is 204 g/mol. The smallest absolute Gasteiger partial charge is 0.123 e. The first kappa shape index (κ1) is 9.56. The number of rotatable bonds is 2. The van der Waals surface area contributed by atoms with Crippen molar-refractivity contribution in [2.45, 2.75) is 51.9 Å². The molecule has 15 heavy (non-hydrogen) atoms. The Hall–Kier alpha value is -0.660. The largest absolute Gasteiger partial charge is 0.286 e. The van der Waals surface area contributed by atoms with Gasteiger partial charge in [0.15, 0.2) is 0 Å². The normalized spacial score (nSPS) is 39.8. The fourth-order valence-corrected chi connectivity index (χ4v) is 3.45.